The van der Waals surface area contributed by atoms with E-state index in [-0.39, 0.29) is 31.4 Å². The predicted octanol–water partition coefficient (Wildman–Crippen LogP) is 0.136. The number of aliphatic hydroxyl groups excluding tert-OH is 1. The molecule has 2 rings (SSSR count). The number of rotatable bonds is 6. The summed E-state index contributed by atoms with van der Waals surface area (Å²) in [6.45, 7) is 0.255. The van der Waals surface area contributed by atoms with E-state index in [2.05, 4.69) is 15.6 Å². The molecule has 7 heteroatoms. The molecule has 1 aromatic heterocycles. The highest BCUT2D eigenvalue weighted by Crippen LogP contribution is 2.13. The highest BCUT2D eigenvalue weighted by atomic mass is 16.5. The summed E-state index contributed by atoms with van der Waals surface area (Å²) >= 11 is 0. The lowest BCUT2D eigenvalue weighted by molar-refractivity contribution is 0.0934. The van der Waals surface area contributed by atoms with Gasteiger partial charge in [-0.25, -0.2) is 4.68 Å². The lowest BCUT2D eigenvalue weighted by Crippen LogP contribution is -2.27. The van der Waals surface area contributed by atoms with Crippen LogP contribution in [-0.2, 0) is 11.3 Å². The van der Waals surface area contributed by atoms with Crippen LogP contribution >= 0.6 is 0 Å². The van der Waals surface area contributed by atoms with Gasteiger partial charge in [-0.2, -0.15) is 0 Å². The van der Waals surface area contributed by atoms with Crippen molar-refractivity contribution in [2.24, 2.45) is 0 Å². The van der Waals surface area contributed by atoms with Crippen molar-refractivity contribution in [2.75, 3.05) is 20.3 Å². The Morgan fingerprint density at radius 3 is 2.80 bits per heavy atom. The van der Waals surface area contributed by atoms with E-state index in [1.807, 2.05) is 30.3 Å². The molecule has 7 nitrogen and oxygen atoms in total. The quantitative estimate of drug-likeness (QED) is 0.783. The SMILES string of the molecule is COCc1c(C(=O)NCCO)nnn1-c1ccccc1. The molecule has 0 saturated carbocycles. The Morgan fingerprint density at radius 1 is 1.40 bits per heavy atom. The number of carbonyl (C=O) groups is 1. The van der Waals surface area contributed by atoms with E-state index >= 15 is 0 Å². The van der Waals surface area contributed by atoms with Gasteiger partial charge in [-0.3, -0.25) is 4.79 Å². The fourth-order valence-corrected chi connectivity index (χ4v) is 1.77. The molecule has 0 aliphatic rings. The molecule has 1 heterocycles. The van der Waals surface area contributed by atoms with Crippen LogP contribution in [0.1, 0.15) is 16.2 Å². The molecule has 2 N–H and O–H groups in total. The summed E-state index contributed by atoms with van der Waals surface area (Å²) in [6, 6.07) is 9.37. The third kappa shape index (κ3) is 3.01. The van der Waals surface area contributed by atoms with Gasteiger partial charge in [-0.15, -0.1) is 5.10 Å². The smallest absolute Gasteiger partial charge is 0.273 e. The van der Waals surface area contributed by atoms with E-state index in [9.17, 15) is 4.79 Å². The molecule has 0 radical (unpaired) electrons. The third-order valence-corrected chi connectivity index (χ3v) is 2.66. The maximum absolute atomic E-state index is 12.0. The van der Waals surface area contributed by atoms with Gasteiger partial charge in [0.15, 0.2) is 5.69 Å². The minimum atomic E-state index is -0.381. The molecule has 1 aromatic carbocycles. The minimum absolute atomic E-state index is 0.127. The standard InChI is InChI=1S/C13H16N4O3/c1-20-9-11-12(13(19)14-7-8-18)15-16-17(11)10-5-3-2-4-6-10/h2-6,18H,7-9H2,1H3,(H,14,19). The summed E-state index contributed by atoms with van der Waals surface area (Å²) in [5.41, 5.74) is 1.56. The molecule has 0 atom stereocenters. The summed E-state index contributed by atoms with van der Waals surface area (Å²) in [7, 11) is 1.54. The van der Waals surface area contributed by atoms with Gasteiger partial charge in [-0.1, -0.05) is 23.4 Å². The number of nitrogens with zero attached hydrogens (tertiary/aromatic N) is 3. The van der Waals surface area contributed by atoms with Crippen molar-refractivity contribution < 1.29 is 14.6 Å². The number of nitrogens with one attached hydrogen (secondary N) is 1. The molecule has 0 saturated heterocycles. The first-order chi connectivity index (χ1) is 9.77. The molecular formula is C13H16N4O3. The molecule has 0 bridgehead atoms. The number of para-hydroxylation sites is 1. The fourth-order valence-electron chi connectivity index (χ4n) is 1.77. The van der Waals surface area contributed by atoms with E-state index in [1.54, 1.807) is 4.68 Å². The van der Waals surface area contributed by atoms with Crippen LogP contribution in [0.15, 0.2) is 30.3 Å². The van der Waals surface area contributed by atoms with E-state index in [1.165, 1.54) is 7.11 Å². The number of hydrogen-bond donors (Lipinski definition) is 2. The van der Waals surface area contributed by atoms with Crippen molar-refractivity contribution in [3.05, 3.63) is 41.7 Å². The highest BCUT2D eigenvalue weighted by Gasteiger charge is 2.20. The maximum Gasteiger partial charge on any atom is 0.273 e. The Kier molecular flexibility index (Phi) is 4.80. The van der Waals surface area contributed by atoms with Gasteiger partial charge in [0.1, 0.15) is 5.69 Å². The molecule has 20 heavy (non-hydrogen) atoms. The lowest BCUT2D eigenvalue weighted by atomic mass is 10.2. The second kappa shape index (κ2) is 6.78. The van der Waals surface area contributed by atoms with Crippen molar-refractivity contribution >= 4 is 5.91 Å². The zero-order chi connectivity index (χ0) is 14.4. The van der Waals surface area contributed by atoms with Gasteiger partial charge >= 0.3 is 0 Å². The van der Waals surface area contributed by atoms with Crippen molar-refractivity contribution in [2.45, 2.75) is 6.61 Å². The second-order valence-corrected chi connectivity index (χ2v) is 4.04. The Labute approximate surface area is 116 Å². The fraction of sp³-hybridized carbons (Fsp3) is 0.308. The average molecular weight is 276 g/mol. The number of ether oxygens (including phenoxy) is 1. The van der Waals surface area contributed by atoms with Crippen LogP contribution in [0.4, 0.5) is 0 Å². The molecule has 106 valence electrons. The van der Waals surface area contributed by atoms with Crippen LogP contribution < -0.4 is 5.32 Å². The van der Waals surface area contributed by atoms with Gasteiger partial charge in [0.05, 0.1) is 18.9 Å². The normalized spacial score (nSPS) is 10.5. The summed E-state index contributed by atoms with van der Waals surface area (Å²) in [5, 5.41) is 19.2. The first-order valence-electron chi connectivity index (χ1n) is 6.16. The van der Waals surface area contributed by atoms with E-state index in [0.717, 1.165) is 5.69 Å². The minimum Gasteiger partial charge on any atom is -0.395 e. The summed E-state index contributed by atoms with van der Waals surface area (Å²) in [4.78, 5) is 12.0. The molecule has 1 amide bonds. The molecular weight excluding hydrogens is 260 g/mol. The third-order valence-electron chi connectivity index (χ3n) is 2.66. The van der Waals surface area contributed by atoms with Gasteiger partial charge in [0.25, 0.3) is 5.91 Å². The Balaban J connectivity index is 2.35. The van der Waals surface area contributed by atoms with Crippen molar-refractivity contribution in [3.8, 4) is 5.69 Å². The van der Waals surface area contributed by atoms with Crippen molar-refractivity contribution in [1.82, 2.24) is 20.3 Å². The van der Waals surface area contributed by atoms with Gasteiger partial charge in [0, 0.05) is 13.7 Å². The average Bonchev–Trinajstić information content (AvgIpc) is 2.90. The lowest BCUT2D eigenvalue weighted by Gasteiger charge is -2.07. The summed E-state index contributed by atoms with van der Waals surface area (Å²) in [6.07, 6.45) is 0. The van der Waals surface area contributed by atoms with E-state index in [4.69, 9.17) is 9.84 Å². The largest absolute Gasteiger partial charge is 0.395 e. The van der Waals surface area contributed by atoms with Crippen molar-refractivity contribution in [3.63, 3.8) is 0 Å². The number of benzene rings is 1. The maximum atomic E-state index is 12.0. The zero-order valence-electron chi connectivity index (χ0n) is 11.1. The molecule has 0 aliphatic carbocycles. The first-order valence-corrected chi connectivity index (χ1v) is 6.16. The number of aliphatic hydroxyl groups is 1. The first kappa shape index (κ1) is 14.2. The molecule has 0 aliphatic heterocycles. The molecule has 0 unspecified atom stereocenters. The zero-order valence-corrected chi connectivity index (χ0v) is 11.1. The van der Waals surface area contributed by atoms with Crippen LogP contribution in [0.5, 0.6) is 0 Å². The van der Waals surface area contributed by atoms with Crippen molar-refractivity contribution in [1.29, 1.82) is 0 Å². The topological polar surface area (TPSA) is 89.3 Å². The molecule has 0 spiro atoms. The Bertz CT molecular complexity index is 568. The Hall–Kier alpha value is -2.25. The van der Waals surface area contributed by atoms with Crippen LogP contribution in [0, 0.1) is 0 Å². The number of amides is 1. The van der Waals surface area contributed by atoms with E-state index in [0.29, 0.717) is 5.69 Å². The number of carbonyl (C=O) groups excluding carboxylic acids is 1. The predicted molar refractivity (Wildman–Crippen MR) is 71.5 cm³/mol. The van der Waals surface area contributed by atoms with Crippen LogP contribution in [0.3, 0.4) is 0 Å². The van der Waals surface area contributed by atoms with Gasteiger partial charge < -0.3 is 15.2 Å². The van der Waals surface area contributed by atoms with E-state index < -0.39 is 0 Å². The van der Waals surface area contributed by atoms with Crippen LogP contribution in [0.2, 0.25) is 0 Å². The van der Waals surface area contributed by atoms with Crippen LogP contribution in [0.25, 0.3) is 5.69 Å². The number of aromatic nitrogens is 3. The number of methoxy groups -OCH3 is 1. The van der Waals surface area contributed by atoms with Gasteiger partial charge in [0.2, 0.25) is 0 Å². The summed E-state index contributed by atoms with van der Waals surface area (Å²) in [5.74, 6) is -0.381. The Morgan fingerprint density at radius 2 is 2.15 bits per heavy atom. The second-order valence-electron chi connectivity index (χ2n) is 4.04. The molecule has 2 aromatic rings. The number of hydrogen-bond acceptors (Lipinski definition) is 5. The van der Waals surface area contributed by atoms with Crippen LogP contribution in [-0.4, -0.2) is 46.3 Å². The molecule has 0 fully saturated rings. The van der Waals surface area contributed by atoms with Gasteiger partial charge in [-0.05, 0) is 12.1 Å². The monoisotopic (exact) mass is 276 g/mol. The summed E-state index contributed by atoms with van der Waals surface area (Å²) < 4.78 is 6.68. The highest BCUT2D eigenvalue weighted by molar-refractivity contribution is 5.93.